The molecule has 1 aliphatic heterocycles. The second kappa shape index (κ2) is 8.44. The highest BCUT2D eigenvalue weighted by Gasteiger charge is 2.30. The first-order valence-electron chi connectivity index (χ1n) is 9.99. The van der Waals surface area contributed by atoms with E-state index < -0.39 is 6.04 Å². The Balaban J connectivity index is 1.92. The highest BCUT2D eigenvalue weighted by Crippen LogP contribution is 2.35. The Morgan fingerprint density at radius 3 is 2.90 bits per heavy atom. The van der Waals surface area contributed by atoms with E-state index in [9.17, 15) is 4.79 Å². The summed E-state index contributed by atoms with van der Waals surface area (Å²) in [4.78, 5) is 17.5. The van der Waals surface area contributed by atoms with Crippen LogP contribution in [0.25, 0.3) is 5.69 Å². The van der Waals surface area contributed by atoms with Gasteiger partial charge in [0.2, 0.25) is 5.91 Å². The molecule has 0 fully saturated rings. The van der Waals surface area contributed by atoms with Gasteiger partial charge in [-0.2, -0.15) is 0 Å². The van der Waals surface area contributed by atoms with Crippen molar-refractivity contribution in [2.24, 2.45) is 4.99 Å². The second-order valence-electron chi connectivity index (χ2n) is 7.25. The Morgan fingerprint density at radius 2 is 2.20 bits per heavy atom. The molecular weight excluding hydrogens is 402 g/mol. The van der Waals surface area contributed by atoms with E-state index in [0.29, 0.717) is 12.4 Å². The smallest absolute Gasteiger partial charge is 0.222 e. The van der Waals surface area contributed by atoms with Crippen molar-refractivity contribution in [3.63, 3.8) is 0 Å². The van der Waals surface area contributed by atoms with Gasteiger partial charge in [-0.25, -0.2) is 0 Å². The topological polar surface area (TPSA) is 81.4 Å². The van der Waals surface area contributed by atoms with Crippen LogP contribution in [0.4, 0.5) is 0 Å². The fourth-order valence-electron chi connectivity index (χ4n) is 3.78. The van der Waals surface area contributed by atoms with E-state index in [2.05, 4.69) is 21.6 Å². The zero-order valence-electron chi connectivity index (χ0n) is 17.2. The molecule has 30 heavy (non-hydrogen) atoms. The third-order valence-electron chi connectivity index (χ3n) is 5.21. The van der Waals surface area contributed by atoms with Crippen molar-refractivity contribution in [2.75, 3.05) is 13.7 Å². The maximum Gasteiger partial charge on any atom is 0.222 e. The molecule has 2 aliphatic rings. The molecule has 0 bridgehead atoms. The lowest BCUT2D eigenvalue weighted by molar-refractivity contribution is -0.121. The molecule has 1 N–H and O–H groups in total. The van der Waals surface area contributed by atoms with Crippen LogP contribution in [-0.4, -0.2) is 45.4 Å². The molecular formula is C22H24ClN5O2. The van der Waals surface area contributed by atoms with Gasteiger partial charge in [-0.3, -0.25) is 14.4 Å². The number of amides is 1. The number of aliphatic imine (C=N–C) groups is 1. The SMILES string of the molecule is CCNC(=O)C[C@@H]1N=C(C2=CCC(Cl)C=C2)c2cc(OC)ccc2-n2c(C)nnc21. The zero-order valence-corrected chi connectivity index (χ0v) is 18.0. The van der Waals surface area contributed by atoms with Crippen molar-refractivity contribution < 1.29 is 9.53 Å². The molecule has 1 unspecified atom stereocenters. The first-order chi connectivity index (χ1) is 14.5. The average Bonchev–Trinajstić information content (AvgIpc) is 3.06. The minimum absolute atomic E-state index is 0.0297. The normalized spacial score (nSPS) is 19.9. The number of fused-ring (bicyclic) bond motifs is 3. The van der Waals surface area contributed by atoms with E-state index in [0.717, 1.165) is 40.5 Å². The van der Waals surface area contributed by atoms with Gasteiger partial charge in [-0.15, -0.1) is 21.8 Å². The summed E-state index contributed by atoms with van der Waals surface area (Å²) in [6.07, 6.45) is 6.95. The fourth-order valence-corrected chi connectivity index (χ4v) is 3.95. The number of rotatable bonds is 5. The number of carbonyl (C=O) groups is 1. The molecule has 2 heterocycles. The summed E-state index contributed by atoms with van der Waals surface area (Å²) in [6, 6.07) is 5.39. The lowest BCUT2D eigenvalue weighted by Crippen LogP contribution is -2.25. The van der Waals surface area contributed by atoms with E-state index in [1.165, 1.54) is 0 Å². The largest absolute Gasteiger partial charge is 0.497 e. The fraction of sp³-hybridized carbons (Fsp3) is 0.364. The number of ether oxygens (including phenoxy) is 1. The first-order valence-corrected chi connectivity index (χ1v) is 10.4. The summed E-state index contributed by atoms with van der Waals surface area (Å²) in [5, 5.41) is 11.5. The number of halogens is 1. The van der Waals surface area contributed by atoms with Crippen LogP contribution in [0.3, 0.4) is 0 Å². The molecule has 1 amide bonds. The number of alkyl halides is 1. The van der Waals surface area contributed by atoms with Crippen molar-refractivity contribution in [2.45, 2.75) is 38.1 Å². The highest BCUT2D eigenvalue weighted by molar-refractivity contribution is 6.23. The Labute approximate surface area is 180 Å². The molecule has 0 saturated carbocycles. The van der Waals surface area contributed by atoms with Crippen molar-refractivity contribution in [1.29, 1.82) is 0 Å². The number of methoxy groups -OCH3 is 1. The standard InChI is InChI=1S/C22H24ClN5O2/c1-4-24-20(29)12-18-22-27-26-13(2)28(22)19-10-9-16(30-3)11-17(19)21(25-18)14-5-7-15(23)8-6-14/h5-7,9-11,15,18H,4,8,12H2,1-3H3,(H,24,29)/t15?,18-/m0/s1. The zero-order chi connectivity index (χ0) is 21.3. The first kappa shape index (κ1) is 20.3. The molecule has 7 nitrogen and oxygen atoms in total. The minimum Gasteiger partial charge on any atom is -0.497 e. The number of hydrogen-bond donors (Lipinski definition) is 1. The Hall–Kier alpha value is -2.93. The predicted molar refractivity (Wildman–Crippen MR) is 117 cm³/mol. The Morgan fingerprint density at radius 1 is 1.37 bits per heavy atom. The number of hydrogen-bond acceptors (Lipinski definition) is 5. The summed E-state index contributed by atoms with van der Waals surface area (Å²) in [6.45, 7) is 4.36. The summed E-state index contributed by atoms with van der Waals surface area (Å²) in [5.41, 5.74) is 3.58. The molecule has 0 saturated heterocycles. The second-order valence-corrected chi connectivity index (χ2v) is 7.81. The third kappa shape index (κ3) is 3.77. The Kier molecular flexibility index (Phi) is 5.72. The maximum atomic E-state index is 12.4. The predicted octanol–water partition coefficient (Wildman–Crippen LogP) is 3.45. The number of carbonyl (C=O) groups excluding carboxylic acids is 1. The van der Waals surface area contributed by atoms with Crippen LogP contribution in [0, 0.1) is 6.92 Å². The summed E-state index contributed by atoms with van der Waals surface area (Å²) >= 11 is 6.24. The van der Waals surface area contributed by atoms with Crippen LogP contribution in [0.2, 0.25) is 0 Å². The summed E-state index contributed by atoms with van der Waals surface area (Å²) in [7, 11) is 1.64. The van der Waals surface area contributed by atoms with Gasteiger partial charge in [-0.05, 0) is 44.0 Å². The number of allylic oxidation sites excluding steroid dienone is 4. The van der Waals surface area contributed by atoms with E-state index in [4.69, 9.17) is 21.3 Å². The van der Waals surface area contributed by atoms with Crippen LogP contribution < -0.4 is 10.1 Å². The van der Waals surface area contributed by atoms with E-state index in [1.54, 1.807) is 7.11 Å². The lowest BCUT2D eigenvalue weighted by Gasteiger charge is -2.16. The average molecular weight is 426 g/mol. The van der Waals surface area contributed by atoms with Gasteiger partial charge >= 0.3 is 0 Å². The number of nitrogens with zero attached hydrogens (tertiary/aromatic N) is 4. The van der Waals surface area contributed by atoms with Crippen LogP contribution in [-0.2, 0) is 4.79 Å². The Bertz CT molecular complexity index is 1070. The monoisotopic (exact) mass is 425 g/mol. The molecule has 1 aromatic heterocycles. The van der Waals surface area contributed by atoms with Gasteiger partial charge in [0.05, 0.1) is 30.3 Å². The van der Waals surface area contributed by atoms with Gasteiger partial charge in [0.15, 0.2) is 5.82 Å². The number of aryl methyl sites for hydroxylation is 1. The van der Waals surface area contributed by atoms with E-state index in [-0.39, 0.29) is 17.7 Å². The van der Waals surface area contributed by atoms with Gasteiger partial charge in [0, 0.05) is 12.1 Å². The summed E-state index contributed by atoms with van der Waals surface area (Å²) in [5.74, 6) is 2.04. The molecule has 8 heteroatoms. The molecule has 4 rings (SSSR count). The van der Waals surface area contributed by atoms with Gasteiger partial charge in [-0.1, -0.05) is 18.2 Å². The molecule has 1 aromatic carbocycles. The molecule has 156 valence electrons. The quantitative estimate of drug-likeness (QED) is 0.744. The molecule has 1 aliphatic carbocycles. The lowest BCUT2D eigenvalue weighted by atomic mass is 9.95. The van der Waals surface area contributed by atoms with Crippen molar-refractivity contribution in [1.82, 2.24) is 20.1 Å². The minimum atomic E-state index is -0.464. The van der Waals surface area contributed by atoms with Crippen molar-refractivity contribution >= 4 is 23.2 Å². The van der Waals surface area contributed by atoms with Gasteiger partial charge in [0.1, 0.15) is 17.6 Å². The van der Waals surface area contributed by atoms with E-state index >= 15 is 0 Å². The number of aromatic nitrogens is 3. The van der Waals surface area contributed by atoms with Crippen LogP contribution in [0.1, 0.15) is 43.0 Å². The van der Waals surface area contributed by atoms with Crippen LogP contribution in [0.15, 0.2) is 47.0 Å². The number of benzene rings is 1. The van der Waals surface area contributed by atoms with Gasteiger partial charge < -0.3 is 10.1 Å². The van der Waals surface area contributed by atoms with Crippen LogP contribution in [0.5, 0.6) is 5.75 Å². The molecule has 2 atom stereocenters. The molecule has 2 aromatic rings. The van der Waals surface area contributed by atoms with E-state index in [1.807, 2.05) is 48.8 Å². The molecule has 0 radical (unpaired) electrons. The van der Waals surface area contributed by atoms with Crippen molar-refractivity contribution in [3.8, 4) is 11.4 Å². The van der Waals surface area contributed by atoms with Crippen LogP contribution >= 0.6 is 11.6 Å². The van der Waals surface area contributed by atoms with Crippen molar-refractivity contribution in [3.05, 3.63) is 59.2 Å². The number of nitrogens with one attached hydrogen (secondary N) is 1. The summed E-state index contributed by atoms with van der Waals surface area (Å²) < 4.78 is 7.46. The van der Waals surface area contributed by atoms with Gasteiger partial charge in [0.25, 0.3) is 0 Å². The maximum absolute atomic E-state index is 12.4. The third-order valence-corrected chi connectivity index (χ3v) is 5.53. The highest BCUT2D eigenvalue weighted by atomic mass is 35.5. The molecule has 0 spiro atoms.